The highest BCUT2D eigenvalue weighted by Crippen LogP contribution is 2.30. The number of amides is 4. The summed E-state index contributed by atoms with van der Waals surface area (Å²) in [5, 5.41) is 16.4. The summed E-state index contributed by atoms with van der Waals surface area (Å²) in [7, 11) is 0. The maximum atomic E-state index is 12.6. The molecule has 2 aromatic rings. The number of nitrogens with zero attached hydrogens (tertiary/aromatic N) is 2. The van der Waals surface area contributed by atoms with E-state index in [-0.39, 0.29) is 28.3 Å². The molecule has 0 saturated heterocycles. The molecule has 0 fully saturated rings. The van der Waals surface area contributed by atoms with E-state index >= 15 is 0 Å². The Balaban J connectivity index is 1.78. The highest BCUT2D eigenvalue weighted by Gasteiger charge is 2.41. The number of nitrogens with one attached hydrogen (secondary N) is 2. The number of anilines is 1. The molecule has 0 unspecified atom stereocenters. The lowest BCUT2D eigenvalue weighted by Gasteiger charge is -2.15. The summed E-state index contributed by atoms with van der Waals surface area (Å²) in [5.41, 5.74) is -0.497. The molecule has 0 atom stereocenters. The summed E-state index contributed by atoms with van der Waals surface area (Å²) in [6, 6.07) is 10.0. The minimum absolute atomic E-state index is 0.124. The normalized spacial score (nSPS) is 12.5. The van der Waals surface area contributed by atoms with Crippen molar-refractivity contribution in [3.63, 3.8) is 0 Å². The van der Waals surface area contributed by atoms with Gasteiger partial charge < -0.3 is 10.6 Å². The Labute approximate surface area is 171 Å². The Morgan fingerprint density at radius 1 is 1.07 bits per heavy atom. The molecule has 30 heavy (non-hydrogen) atoms. The fraction of sp³-hybridized carbons (Fsp3) is 0.200. The van der Waals surface area contributed by atoms with Gasteiger partial charge in [-0.25, -0.2) is 0 Å². The van der Waals surface area contributed by atoms with Crippen LogP contribution in [-0.2, 0) is 4.79 Å². The van der Waals surface area contributed by atoms with Gasteiger partial charge in [-0.1, -0.05) is 25.1 Å². The second kappa shape index (κ2) is 8.52. The molecule has 10 nitrogen and oxygen atoms in total. The van der Waals surface area contributed by atoms with Gasteiger partial charge in [-0.15, -0.1) is 0 Å². The van der Waals surface area contributed by atoms with Crippen LogP contribution in [0.25, 0.3) is 0 Å². The van der Waals surface area contributed by atoms with Crippen molar-refractivity contribution in [2.45, 2.75) is 13.3 Å². The quantitative estimate of drug-likeness (QED) is 0.406. The molecule has 0 saturated carbocycles. The van der Waals surface area contributed by atoms with E-state index in [1.807, 2.05) is 6.92 Å². The molecular weight excluding hydrogens is 392 g/mol. The van der Waals surface area contributed by atoms with Gasteiger partial charge in [-0.2, -0.15) is 0 Å². The molecular formula is C20H18N4O6. The van der Waals surface area contributed by atoms with Gasteiger partial charge in [0.05, 0.1) is 21.7 Å². The standard InChI is InChI=1S/C20H18N4O6/c1-2-10-21-18(26)12-6-3-4-8-14(12)22-16(25)11-23-19(27)13-7-5-9-15(24(29)30)17(13)20(23)28/h3-9H,2,10-11H2,1H3,(H,21,26)(H,22,25). The van der Waals surface area contributed by atoms with Crippen LogP contribution in [0.1, 0.15) is 44.4 Å². The first kappa shape index (κ1) is 20.6. The van der Waals surface area contributed by atoms with Gasteiger partial charge in [-0.3, -0.25) is 34.2 Å². The van der Waals surface area contributed by atoms with E-state index < -0.39 is 34.9 Å². The Hall–Kier alpha value is -4.08. The number of carbonyl (C=O) groups excluding carboxylic acids is 4. The third kappa shape index (κ3) is 3.88. The van der Waals surface area contributed by atoms with Gasteiger partial charge in [0.2, 0.25) is 5.91 Å². The summed E-state index contributed by atoms with van der Waals surface area (Å²) in [5.74, 6) is -2.79. The SMILES string of the molecule is CCCNC(=O)c1ccccc1NC(=O)CN1C(=O)c2cccc([N+](=O)[O-])c2C1=O. The van der Waals surface area contributed by atoms with E-state index in [0.29, 0.717) is 11.4 Å². The Morgan fingerprint density at radius 3 is 2.50 bits per heavy atom. The Kier molecular flexibility index (Phi) is 5.86. The van der Waals surface area contributed by atoms with E-state index in [4.69, 9.17) is 0 Å². The molecule has 0 spiro atoms. The maximum Gasteiger partial charge on any atom is 0.282 e. The Bertz CT molecular complexity index is 1070. The van der Waals surface area contributed by atoms with Crippen LogP contribution in [-0.4, -0.2) is 46.5 Å². The molecule has 1 aliphatic heterocycles. The average Bonchev–Trinajstić information content (AvgIpc) is 2.97. The number of rotatable bonds is 7. The van der Waals surface area contributed by atoms with Crippen LogP contribution >= 0.6 is 0 Å². The molecule has 2 N–H and O–H groups in total. The molecule has 4 amide bonds. The van der Waals surface area contributed by atoms with E-state index in [1.54, 1.807) is 12.1 Å². The van der Waals surface area contributed by atoms with Gasteiger partial charge in [0.1, 0.15) is 12.1 Å². The molecule has 2 aromatic carbocycles. The van der Waals surface area contributed by atoms with Crippen molar-refractivity contribution in [2.75, 3.05) is 18.4 Å². The number of nitro groups is 1. The second-order valence-corrected chi connectivity index (χ2v) is 6.50. The van der Waals surface area contributed by atoms with Gasteiger partial charge >= 0.3 is 0 Å². The van der Waals surface area contributed by atoms with E-state index in [1.165, 1.54) is 24.3 Å². The third-order valence-corrected chi connectivity index (χ3v) is 4.46. The number of imide groups is 1. The number of hydrogen-bond acceptors (Lipinski definition) is 6. The van der Waals surface area contributed by atoms with Crippen molar-refractivity contribution in [2.24, 2.45) is 0 Å². The second-order valence-electron chi connectivity index (χ2n) is 6.50. The number of benzene rings is 2. The predicted octanol–water partition coefficient (Wildman–Crippen LogP) is 1.97. The van der Waals surface area contributed by atoms with Crippen LogP contribution in [0.3, 0.4) is 0 Å². The van der Waals surface area contributed by atoms with Gasteiger partial charge in [-0.05, 0) is 24.6 Å². The number of para-hydroxylation sites is 1. The first-order valence-electron chi connectivity index (χ1n) is 9.15. The van der Waals surface area contributed by atoms with Crippen LogP contribution in [0.5, 0.6) is 0 Å². The van der Waals surface area contributed by atoms with Crippen LogP contribution in [0, 0.1) is 10.1 Å². The van der Waals surface area contributed by atoms with Crippen LogP contribution in [0.4, 0.5) is 11.4 Å². The molecule has 3 rings (SSSR count). The zero-order valence-corrected chi connectivity index (χ0v) is 16.0. The van der Waals surface area contributed by atoms with E-state index in [9.17, 15) is 29.3 Å². The molecule has 0 radical (unpaired) electrons. The van der Waals surface area contributed by atoms with Crippen molar-refractivity contribution in [1.82, 2.24) is 10.2 Å². The summed E-state index contributed by atoms with van der Waals surface area (Å²) in [6.07, 6.45) is 0.742. The van der Waals surface area contributed by atoms with Crippen LogP contribution in [0.2, 0.25) is 0 Å². The topological polar surface area (TPSA) is 139 Å². The van der Waals surface area contributed by atoms with Gasteiger partial charge in [0.15, 0.2) is 0 Å². The maximum absolute atomic E-state index is 12.6. The van der Waals surface area contributed by atoms with E-state index in [2.05, 4.69) is 10.6 Å². The molecule has 1 aliphatic rings. The summed E-state index contributed by atoms with van der Waals surface area (Å²) >= 11 is 0. The summed E-state index contributed by atoms with van der Waals surface area (Å²) in [6.45, 7) is 1.73. The first-order chi connectivity index (χ1) is 14.3. The largest absolute Gasteiger partial charge is 0.352 e. The van der Waals surface area contributed by atoms with Gasteiger partial charge in [0, 0.05) is 12.6 Å². The lowest BCUT2D eigenvalue weighted by Crippen LogP contribution is -2.37. The Morgan fingerprint density at radius 2 is 1.80 bits per heavy atom. The minimum Gasteiger partial charge on any atom is -0.352 e. The van der Waals surface area contributed by atoms with Crippen molar-refractivity contribution < 1.29 is 24.1 Å². The number of carbonyl (C=O) groups is 4. The predicted molar refractivity (Wildman–Crippen MR) is 106 cm³/mol. The molecule has 0 bridgehead atoms. The minimum atomic E-state index is -0.911. The number of fused-ring (bicyclic) bond motifs is 1. The highest BCUT2D eigenvalue weighted by atomic mass is 16.6. The lowest BCUT2D eigenvalue weighted by molar-refractivity contribution is -0.385. The van der Waals surface area contributed by atoms with Gasteiger partial charge in [0.25, 0.3) is 23.4 Å². The molecule has 10 heteroatoms. The summed E-state index contributed by atoms with van der Waals surface area (Å²) < 4.78 is 0. The van der Waals surface area contributed by atoms with E-state index in [0.717, 1.165) is 12.5 Å². The first-order valence-corrected chi connectivity index (χ1v) is 9.15. The van der Waals surface area contributed by atoms with Crippen molar-refractivity contribution in [3.05, 3.63) is 69.3 Å². The zero-order chi connectivity index (χ0) is 21.8. The lowest BCUT2D eigenvalue weighted by atomic mass is 10.1. The smallest absolute Gasteiger partial charge is 0.282 e. The molecule has 1 heterocycles. The number of hydrogen-bond donors (Lipinski definition) is 2. The zero-order valence-electron chi connectivity index (χ0n) is 16.0. The number of nitro benzene ring substituents is 1. The van der Waals surface area contributed by atoms with Crippen molar-refractivity contribution >= 4 is 35.0 Å². The molecule has 154 valence electrons. The summed E-state index contributed by atoms with van der Waals surface area (Å²) in [4.78, 5) is 60.9. The average molecular weight is 410 g/mol. The fourth-order valence-corrected chi connectivity index (χ4v) is 3.07. The highest BCUT2D eigenvalue weighted by molar-refractivity contribution is 6.24. The van der Waals surface area contributed by atoms with Crippen molar-refractivity contribution in [3.8, 4) is 0 Å². The fourth-order valence-electron chi connectivity index (χ4n) is 3.07. The molecule has 0 aromatic heterocycles. The van der Waals surface area contributed by atoms with Crippen LogP contribution < -0.4 is 10.6 Å². The monoisotopic (exact) mass is 410 g/mol. The van der Waals surface area contributed by atoms with Crippen molar-refractivity contribution in [1.29, 1.82) is 0 Å². The van der Waals surface area contributed by atoms with Crippen LogP contribution in [0.15, 0.2) is 42.5 Å². The third-order valence-electron chi connectivity index (χ3n) is 4.46. The molecule has 0 aliphatic carbocycles.